The Morgan fingerprint density at radius 1 is 1.16 bits per heavy atom. The smallest absolute Gasteiger partial charge is 0.213 e. The largest absolute Gasteiger partial charge is 0.475 e. The molecule has 0 spiro atoms. The second kappa shape index (κ2) is 14.6. The van der Waals surface area contributed by atoms with Crippen LogP contribution in [-0.4, -0.2) is 83.2 Å². The van der Waals surface area contributed by atoms with Gasteiger partial charge in [-0.2, -0.15) is 9.61 Å². The molecule has 1 atom stereocenters. The van der Waals surface area contributed by atoms with Crippen LogP contribution in [0, 0.1) is 0 Å². The van der Waals surface area contributed by atoms with E-state index in [0.717, 1.165) is 60.6 Å². The zero-order valence-electron chi connectivity index (χ0n) is 22.1. The van der Waals surface area contributed by atoms with E-state index in [2.05, 4.69) is 33.3 Å². The molecule has 3 aromatic rings. The Hall–Kier alpha value is -3.28. The molecule has 1 aliphatic heterocycles. The quantitative estimate of drug-likeness (QED) is 0.213. The van der Waals surface area contributed by atoms with Crippen molar-refractivity contribution in [2.24, 2.45) is 0 Å². The van der Waals surface area contributed by atoms with Crippen LogP contribution in [0.5, 0.6) is 5.88 Å². The average molecular weight is 527 g/mol. The van der Waals surface area contributed by atoms with E-state index in [1.54, 1.807) is 6.20 Å². The third-order valence-corrected chi connectivity index (χ3v) is 6.60. The minimum absolute atomic E-state index is 0.0868. The van der Waals surface area contributed by atoms with Gasteiger partial charge in [-0.05, 0) is 37.7 Å². The van der Waals surface area contributed by atoms with Crippen molar-refractivity contribution in [1.82, 2.24) is 19.6 Å². The lowest BCUT2D eigenvalue weighted by Gasteiger charge is -2.36. The number of rotatable bonds is 16. The fraction of sp³-hybridized carbons (Fsp3) is 0.556. The number of aliphatic hydroxyl groups is 1. The predicted octanol–water partition coefficient (Wildman–Crippen LogP) is 2.65. The number of ether oxygens (including phenoxy) is 3. The van der Waals surface area contributed by atoms with Crippen LogP contribution < -0.4 is 15.0 Å². The molecule has 11 nitrogen and oxygen atoms in total. The maximum Gasteiger partial charge on any atom is 0.213 e. The lowest BCUT2D eigenvalue weighted by atomic mass is 9.99. The highest BCUT2D eigenvalue weighted by molar-refractivity contribution is 5.61. The van der Waals surface area contributed by atoms with E-state index in [9.17, 15) is 9.90 Å². The fourth-order valence-corrected chi connectivity index (χ4v) is 4.62. The van der Waals surface area contributed by atoms with E-state index in [-0.39, 0.29) is 13.2 Å². The number of aldehydes is 1. The van der Waals surface area contributed by atoms with Gasteiger partial charge in [0, 0.05) is 49.6 Å². The van der Waals surface area contributed by atoms with Gasteiger partial charge in [-0.15, -0.1) is 0 Å². The molecule has 4 heterocycles. The molecule has 0 saturated carbocycles. The van der Waals surface area contributed by atoms with Gasteiger partial charge in [-0.1, -0.05) is 13.0 Å². The van der Waals surface area contributed by atoms with Crippen molar-refractivity contribution in [3.05, 3.63) is 41.7 Å². The first-order valence-corrected chi connectivity index (χ1v) is 13.4. The number of pyridine rings is 1. The predicted molar refractivity (Wildman–Crippen MR) is 144 cm³/mol. The zero-order valence-corrected chi connectivity index (χ0v) is 22.1. The van der Waals surface area contributed by atoms with Crippen molar-refractivity contribution in [1.29, 1.82) is 0 Å². The summed E-state index contributed by atoms with van der Waals surface area (Å²) in [4.78, 5) is 21.9. The SMILES string of the molecule is CCc1cnn2c(NCc3ccc(OCCOCCOCC=O)nc3)cc(N3CCCC[C@H]3CCO)nc12. The minimum atomic E-state index is 0.0868. The highest BCUT2D eigenvalue weighted by Gasteiger charge is 2.25. The number of hydrogen-bond donors (Lipinski definition) is 2. The molecule has 0 amide bonds. The van der Waals surface area contributed by atoms with Crippen LogP contribution in [0.25, 0.3) is 5.65 Å². The summed E-state index contributed by atoms with van der Waals surface area (Å²) >= 11 is 0. The number of fused-ring (bicyclic) bond motifs is 1. The molecule has 0 radical (unpaired) electrons. The summed E-state index contributed by atoms with van der Waals surface area (Å²) in [5.74, 6) is 2.32. The Bertz CT molecular complexity index is 1140. The molecular weight excluding hydrogens is 488 g/mol. The van der Waals surface area contributed by atoms with Gasteiger partial charge in [-0.3, -0.25) is 0 Å². The van der Waals surface area contributed by atoms with Gasteiger partial charge < -0.3 is 34.3 Å². The van der Waals surface area contributed by atoms with Gasteiger partial charge in [0.2, 0.25) is 5.88 Å². The Kier molecular flexibility index (Phi) is 10.7. The van der Waals surface area contributed by atoms with Crippen molar-refractivity contribution in [2.75, 3.05) is 56.4 Å². The Balaban J connectivity index is 1.37. The molecule has 4 rings (SSSR count). The van der Waals surface area contributed by atoms with Gasteiger partial charge in [0.25, 0.3) is 0 Å². The summed E-state index contributed by atoms with van der Waals surface area (Å²) in [6.45, 7) is 5.46. The summed E-state index contributed by atoms with van der Waals surface area (Å²) in [7, 11) is 0. The van der Waals surface area contributed by atoms with Gasteiger partial charge >= 0.3 is 0 Å². The number of piperidine rings is 1. The van der Waals surface area contributed by atoms with Gasteiger partial charge in [0.05, 0.1) is 26.0 Å². The molecule has 38 heavy (non-hydrogen) atoms. The normalized spacial score (nSPS) is 15.6. The first-order valence-electron chi connectivity index (χ1n) is 13.4. The fourth-order valence-electron chi connectivity index (χ4n) is 4.62. The number of nitrogens with zero attached hydrogens (tertiary/aromatic N) is 5. The second-order valence-electron chi connectivity index (χ2n) is 9.17. The molecule has 2 N–H and O–H groups in total. The number of aryl methyl sites for hydroxylation is 1. The summed E-state index contributed by atoms with van der Waals surface area (Å²) in [5, 5.41) is 17.7. The number of carbonyl (C=O) groups is 1. The number of aromatic nitrogens is 4. The van der Waals surface area contributed by atoms with Crippen LogP contribution in [0.3, 0.4) is 0 Å². The zero-order chi connectivity index (χ0) is 26.6. The van der Waals surface area contributed by atoms with Crippen LogP contribution in [-0.2, 0) is 27.2 Å². The molecule has 1 fully saturated rings. The first kappa shape index (κ1) is 27.7. The third kappa shape index (κ3) is 7.40. The van der Waals surface area contributed by atoms with E-state index < -0.39 is 0 Å². The van der Waals surface area contributed by atoms with E-state index in [1.165, 1.54) is 6.42 Å². The van der Waals surface area contributed by atoms with Crippen molar-refractivity contribution in [3.8, 4) is 5.88 Å². The number of carbonyl (C=O) groups excluding carboxylic acids is 1. The lowest BCUT2D eigenvalue weighted by molar-refractivity contribution is -0.112. The summed E-state index contributed by atoms with van der Waals surface area (Å²) in [5.41, 5.74) is 2.97. The molecule has 0 bridgehead atoms. The van der Waals surface area contributed by atoms with E-state index in [1.807, 2.05) is 22.8 Å². The topological polar surface area (TPSA) is 123 Å². The maximum atomic E-state index is 10.2. The van der Waals surface area contributed by atoms with Crippen LogP contribution >= 0.6 is 0 Å². The van der Waals surface area contributed by atoms with Crippen LogP contribution in [0.1, 0.15) is 43.7 Å². The number of aliphatic hydroxyl groups excluding tert-OH is 1. The molecule has 11 heteroatoms. The molecule has 1 saturated heterocycles. The van der Waals surface area contributed by atoms with Crippen LogP contribution in [0.15, 0.2) is 30.6 Å². The van der Waals surface area contributed by atoms with Crippen molar-refractivity contribution < 1.29 is 24.1 Å². The van der Waals surface area contributed by atoms with Crippen molar-refractivity contribution in [2.45, 2.75) is 51.6 Å². The Labute approximate surface area is 223 Å². The highest BCUT2D eigenvalue weighted by Crippen LogP contribution is 2.29. The van der Waals surface area contributed by atoms with Crippen molar-refractivity contribution in [3.63, 3.8) is 0 Å². The molecule has 0 aromatic carbocycles. The molecule has 0 unspecified atom stereocenters. The number of hydrogen-bond acceptors (Lipinski definition) is 10. The number of nitrogens with one attached hydrogen (secondary N) is 1. The second-order valence-corrected chi connectivity index (χ2v) is 9.17. The van der Waals surface area contributed by atoms with Crippen LogP contribution in [0.2, 0.25) is 0 Å². The van der Waals surface area contributed by atoms with Crippen LogP contribution in [0.4, 0.5) is 11.6 Å². The first-order chi connectivity index (χ1) is 18.7. The Morgan fingerprint density at radius 2 is 2.03 bits per heavy atom. The van der Waals surface area contributed by atoms with E-state index in [4.69, 9.17) is 19.2 Å². The van der Waals surface area contributed by atoms with E-state index >= 15 is 0 Å². The third-order valence-electron chi connectivity index (χ3n) is 6.60. The molecule has 0 aliphatic carbocycles. The molecule has 3 aromatic heterocycles. The van der Waals surface area contributed by atoms with Gasteiger partial charge in [0.1, 0.15) is 31.1 Å². The summed E-state index contributed by atoms with van der Waals surface area (Å²) < 4.78 is 17.9. The molecule has 1 aliphatic rings. The average Bonchev–Trinajstić information content (AvgIpc) is 3.37. The van der Waals surface area contributed by atoms with E-state index in [0.29, 0.717) is 51.2 Å². The standard InChI is InChI=1S/C27H38N6O5/c1-2-22-20-30-33-24(17-25(31-27(22)33)32-9-4-3-5-23(32)8-10-34)28-18-21-6-7-26(29-19-21)38-16-15-37-14-13-36-12-11-35/h6-7,11,17,19-20,23,28,34H,2-5,8-10,12-16,18H2,1H3/t23-/m0/s1. The Morgan fingerprint density at radius 3 is 2.82 bits per heavy atom. The minimum Gasteiger partial charge on any atom is -0.475 e. The van der Waals surface area contributed by atoms with Crippen molar-refractivity contribution >= 4 is 23.6 Å². The number of anilines is 2. The molecular formula is C27H38N6O5. The lowest BCUT2D eigenvalue weighted by Crippen LogP contribution is -2.40. The van der Waals surface area contributed by atoms with Gasteiger partial charge in [0.15, 0.2) is 5.65 Å². The highest BCUT2D eigenvalue weighted by atomic mass is 16.5. The summed E-state index contributed by atoms with van der Waals surface area (Å²) in [6.07, 6.45) is 9.36. The summed E-state index contributed by atoms with van der Waals surface area (Å²) in [6, 6.07) is 6.17. The maximum absolute atomic E-state index is 10.2. The monoisotopic (exact) mass is 526 g/mol. The van der Waals surface area contributed by atoms with Gasteiger partial charge in [-0.25, -0.2) is 9.97 Å². The molecule has 206 valence electrons.